The minimum absolute atomic E-state index is 0.0809. The van der Waals surface area contributed by atoms with E-state index in [4.69, 9.17) is 0 Å². The molecule has 2 heterocycles. The zero-order valence-electron chi connectivity index (χ0n) is 11.8. The molecule has 1 atom stereocenters. The maximum Gasteiger partial charge on any atom is 0.307 e. The van der Waals surface area contributed by atoms with Gasteiger partial charge < -0.3 is 4.90 Å². The summed E-state index contributed by atoms with van der Waals surface area (Å²) in [6.07, 6.45) is 1.94. The number of halogens is 1. The molecule has 1 unspecified atom stereocenters. The molecule has 2 aromatic rings. The lowest BCUT2D eigenvalue weighted by atomic mass is 10.1. The quantitative estimate of drug-likeness (QED) is 0.803. The van der Waals surface area contributed by atoms with Crippen molar-refractivity contribution < 1.29 is 17.1 Å². The molecule has 22 heavy (non-hydrogen) atoms. The van der Waals surface area contributed by atoms with Crippen LogP contribution in [0.1, 0.15) is 12.1 Å². The van der Waals surface area contributed by atoms with Crippen LogP contribution in [0.5, 0.6) is 0 Å². The Bertz CT molecular complexity index is 817. The maximum absolute atomic E-state index is 13.0. The number of pyridine rings is 1. The number of rotatable bonds is 4. The fourth-order valence-electron chi connectivity index (χ4n) is 2.76. The van der Waals surface area contributed by atoms with Crippen LogP contribution in [0.3, 0.4) is 0 Å². The topological polar surface area (TPSA) is 67.3 Å². The van der Waals surface area contributed by atoms with Gasteiger partial charge in [0, 0.05) is 43.2 Å². The van der Waals surface area contributed by atoms with Crippen molar-refractivity contribution in [2.75, 3.05) is 13.1 Å². The molecule has 5 nitrogen and oxygen atoms in total. The van der Waals surface area contributed by atoms with Gasteiger partial charge in [0.05, 0.1) is 0 Å². The highest BCUT2D eigenvalue weighted by molar-refractivity contribution is 7.87. The van der Waals surface area contributed by atoms with E-state index in [1.54, 1.807) is 6.20 Å². The molecule has 3 rings (SSSR count). The molecule has 116 valence electrons. The van der Waals surface area contributed by atoms with E-state index in [2.05, 4.69) is 4.98 Å². The van der Waals surface area contributed by atoms with E-state index in [0.717, 1.165) is 16.5 Å². The van der Waals surface area contributed by atoms with E-state index in [1.807, 2.05) is 30.3 Å². The Balaban J connectivity index is 1.74. The van der Waals surface area contributed by atoms with E-state index in [-0.39, 0.29) is 18.9 Å². The zero-order valence-corrected chi connectivity index (χ0v) is 12.6. The van der Waals surface area contributed by atoms with Gasteiger partial charge in [-0.15, -0.1) is 3.89 Å². The molecule has 0 saturated carbocycles. The maximum atomic E-state index is 13.0. The first-order chi connectivity index (χ1) is 10.4. The van der Waals surface area contributed by atoms with Crippen LogP contribution in [0.25, 0.3) is 10.8 Å². The molecule has 1 aliphatic rings. The van der Waals surface area contributed by atoms with Crippen LogP contribution in [-0.4, -0.2) is 42.5 Å². The van der Waals surface area contributed by atoms with Crippen LogP contribution < -0.4 is 0 Å². The summed E-state index contributed by atoms with van der Waals surface area (Å²) < 4.78 is 34.8. The average molecular weight is 322 g/mol. The number of nitrogens with zero attached hydrogens (tertiary/aromatic N) is 2. The monoisotopic (exact) mass is 322 g/mol. The van der Waals surface area contributed by atoms with Crippen molar-refractivity contribution >= 4 is 26.9 Å². The number of fused-ring (bicyclic) bond motifs is 1. The van der Waals surface area contributed by atoms with E-state index < -0.39 is 15.5 Å². The minimum Gasteiger partial charge on any atom is -0.341 e. The molecule has 1 aliphatic heterocycles. The number of hydrogen-bond acceptors (Lipinski definition) is 4. The van der Waals surface area contributed by atoms with Crippen molar-refractivity contribution in [3.05, 3.63) is 42.2 Å². The average Bonchev–Trinajstić information content (AvgIpc) is 2.86. The van der Waals surface area contributed by atoms with Crippen LogP contribution >= 0.6 is 0 Å². The van der Waals surface area contributed by atoms with Gasteiger partial charge in [0.1, 0.15) is 5.25 Å². The van der Waals surface area contributed by atoms with Gasteiger partial charge in [0.15, 0.2) is 0 Å². The SMILES string of the molecule is O=C1CC(S(=O)(=O)F)CN1CCc1nccc2ccccc12. The van der Waals surface area contributed by atoms with Crippen LogP contribution in [0.15, 0.2) is 36.5 Å². The molecule has 1 amide bonds. The summed E-state index contributed by atoms with van der Waals surface area (Å²) in [6.45, 7) is 0.258. The van der Waals surface area contributed by atoms with Crippen molar-refractivity contribution in [3.63, 3.8) is 0 Å². The smallest absolute Gasteiger partial charge is 0.307 e. The first-order valence-electron chi connectivity index (χ1n) is 6.99. The molecule has 0 spiro atoms. The number of carbonyl (C=O) groups is 1. The fraction of sp³-hybridized carbons (Fsp3) is 0.333. The van der Waals surface area contributed by atoms with E-state index >= 15 is 0 Å². The van der Waals surface area contributed by atoms with Gasteiger partial charge in [-0.2, -0.15) is 8.42 Å². The van der Waals surface area contributed by atoms with Gasteiger partial charge in [-0.1, -0.05) is 24.3 Å². The highest BCUT2D eigenvalue weighted by atomic mass is 32.3. The van der Waals surface area contributed by atoms with Crippen LogP contribution in [0, 0.1) is 0 Å². The number of amides is 1. The van der Waals surface area contributed by atoms with Crippen molar-refractivity contribution in [2.45, 2.75) is 18.1 Å². The highest BCUT2D eigenvalue weighted by Crippen LogP contribution is 2.21. The molecule has 0 aliphatic carbocycles. The Kier molecular flexibility index (Phi) is 3.82. The lowest BCUT2D eigenvalue weighted by molar-refractivity contribution is -0.127. The number of hydrogen-bond donors (Lipinski definition) is 0. The van der Waals surface area contributed by atoms with Gasteiger partial charge in [0.25, 0.3) is 0 Å². The second kappa shape index (κ2) is 5.64. The zero-order chi connectivity index (χ0) is 15.7. The molecule has 0 bridgehead atoms. The summed E-state index contributed by atoms with van der Waals surface area (Å²) in [7, 11) is -4.66. The summed E-state index contributed by atoms with van der Waals surface area (Å²) in [4.78, 5) is 17.5. The number of aromatic nitrogens is 1. The third-order valence-corrected chi connectivity index (χ3v) is 5.06. The molecule has 1 saturated heterocycles. The normalized spacial score (nSPS) is 19.0. The van der Waals surface area contributed by atoms with Crippen molar-refractivity contribution in [1.82, 2.24) is 9.88 Å². The third-order valence-electron chi connectivity index (χ3n) is 3.95. The summed E-state index contributed by atoms with van der Waals surface area (Å²) in [5, 5.41) is 0.830. The van der Waals surface area contributed by atoms with Crippen molar-refractivity contribution in [1.29, 1.82) is 0 Å². The molecule has 1 fully saturated rings. The summed E-state index contributed by atoms with van der Waals surface area (Å²) in [6, 6.07) is 9.70. The molecule has 1 aromatic heterocycles. The summed E-state index contributed by atoms with van der Waals surface area (Å²) in [5.74, 6) is -0.327. The summed E-state index contributed by atoms with van der Waals surface area (Å²) in [5.41, 5.74) is 0.845. The lowest BCUT2D eigenvalue weighted by Crippen LogP contribution is -2.29. The van der Waals surface area contributed by atoms with Crippen LogP contribution in [0.4, 0.5) is 3.89 Å². The third kappa shape index (κ3) is 2.94. The molecule has 0 radical (unpaired) electrons. The molecule has 0 N–H and O–H groups in total. The Morgan fingerprint density at radius 1 is 1.27 bits per heavy atom. The van der Waals surface area contributed by atoms with E-state index in [0.29, 0.717) is 13.0 Å². The molecular weight excluding hydrogens is 307 g/mol. The fourth-order valence-corrected chi connectivity index (χ4v) is 3.46. The molecule has 1 aromatic carbocycles. The van der Waals surface area contributed by atoms with E-state index in [1.165, 1.54) is 4.90 Å². The van der Waals surface area contributed by atoms with Crippen LogP contribution in [0.2, 0.25) is 0 Å². The Hall–Kier alpha value is -2.02. The largest absolute Gasteiger partial charge is 0.341 e. The van der Waals surface area contributed by atoms with Gasteiger partial charge in [0.2, 0.25) is 5.91 Å². The van der Waals surface area contributed by atoms with Gasteiger partial charge in [-0.05, 0) is 11.5 Å². The van der Waals surface area contributed by atoms with Crippen LogP contribution in [-0.2, 0) is 21.4 Å². The summed E-state index contributed by atoms with van der Waals surface area (Å²) >= 11 is 0. The second-order valence-electron chi connectivity index (χ2n) is 5.37. The molecular formula is C15H15FN2O3S. The highest BCUT2D eigenvalue weighted by Gasteiger charge is 2.38. The van der Waals surface area contributed by atoms with Gasteiger partial charge >= 0.3 is 10.2 Å². The van der Waals surface area contributed by atoms with E-state index in [9.17, 15) is 17.1 Å². The Labute approximate surface area is 128 Å². The second-order valence-corrected chi connectivity index (χ2v) is 6.99. The Morgan fingerprint density at radius 2 is 2.05 bits per heavy atom. The van der Waals surface area contributed by atoms with Gasteiger partial charge in [-0.3, -0.25) is 9.78 Å². The first kappa shape index (κ1) is 14.9. The predicted octanol–water partition coefficient (Wildman–Crippen LogP) is 1.68. The number of benzene rings is 1. The molecule has 7 heteroatoms. The minimum atomic E-state index is -4.66. The standard InChI is InChI=1S/C15H15FN2O3S/c16-22(20,21)12-9-15(19)18(10-12)8-6-14-13-4-2-1-3-11(13)5-7-17-14/h1-5,7,12H,6,8-10H2. The number of likely N-dealkylation sites (tertiary alicyclic amines) is 1. The lowest BCUT2D eigenvalue weighted by Gasteiger charge is -2.16. The Morgan fingerprint density at radius 3 is 2.77 bits per heavy atom. The van der Waals surface area contributed by atoms with Crippen molar-refractivity contribution in [2.24, 2.45) is 0 Å². The van der Waals surface area contributed by atoms with Gasteiger partial charge in [-0.25, -0.2) is 0 Å². The van der Waals surface area contributed by atoms with Crippen molar-refractivity contribution in [3.8, 4) is 0 Å². The predicted molar refractivity (Wildman–Crippen MR) is 80.5 cm³/mol. The first-order valence-corrected chi connectivity index (χ1v) is 8.43. The number of carbonyl (C=O) groups excluding carboxylic acids is 1.